The Bertz CT molecular complexity index is 3640. The van der Waals surface area contributed by atoms with E-state index in [1.54, 1.807) is 13.1 Å². The van der Waals surface area contributed by atoms with E-state index in [9.17, 15) is 13.2 Å². The van der Waals surface area contributed by atoms with Crippen molar-refractivity contribution in [3.8, 4) is 0 Å². The second-order valence-corrected chi connectivity index (χ2v) is 25.2. The molecular formula is C87H126ClF3N16. The first kappa shape index (κ1) is 95.7. The Morgan fingerprint density at radius 2 is 0.692 bits per heavy atom. The highest BCUT2D eigenvalue weighted by molar-refractivity contribution is 6.31. The quantitative estimate of drug-likeness (QED) is 0.0267. The van der Waals surface area contributed by atoms with Crippen molar-refractivity contribution in [3.05, 3.63) is 320 Å². The Morgan fingerprint density at radius 3 is 1.12 bits per heavy atom. The van der Waals surface area contributed by atoms with Gasteiger partial charge in [-0.1, -0.05) is 193 Å². The minimum absolute atomic E-state index is 0.448. The van der Waals surface area contributed by atoms with E-state index >= 15 is 0 Å². The van der Waals surface area contributed by atoms with Crippen LogP contribution in [0.25, 0.3) is 0 Å². The number of aryl methyl sites for hydroxylation is 2. The van der Waals surface area contributed by atoms with E-state index in [0.717, 1.165) is 116 Å². The lowest BCUT2D eigenvalue weighted by Gasteiger charge is -2.09. The van der Waals surface area contributed by atoms with Crippen LogP contribution in [-0.2, 0) is 71.6 Å². The molecule has 10 aromatic rings. The Kier molecular flexibility index (Phi) is 53.5. The average Bonchev–Trinajstić information content (AvgIpc) is 0.856. The summed E-state index contributed by atoms with van der Waals surface area (Å²) in [5.41, 5.74) is 36.9. The van der Waals surface area contributed by atoms with Crippen LogP contribution in [0.4, 0.5) is 47.3 Å². The standard InChI is InChI=1S/C10H16N2.C9H10F3N.2C9H14N2.2C9H13N.C8H10ClN.3C8H12N2/c1-11-10-6-4-9(5-7-10)8-12(2)3;1-13-6-7-3-2-4-8(5-7)9(10,11)12;1-10-7-8-4-3-5-9(6-8)11-2;1-10-7-8-5-3-4-6-9(8)11-2;2*1-8-3-5-9(6-4-8)7-10-2;1-10-6-7-4-2-3-5-8(7)9;1-10-6-7-2-4-8(9)5-3-7;1-10-6-7-3-2-4-8(9)5-7;1-10-6-7-4-2-3-5-8(7)9/h4-7,11H,8H2,1-3H3;2-5,13H,6H2,1H3;2*3-6,10-11H,7H2,1-2H3;2*3-6,10H,7H2,1-2H3;2-5,10H,6H2,1H3;3*2-5,10H,6,9H2,1H3. The molecule has 18 N–H and O–H groups in total. The zero-order valence-corrected chi connectivity index (χ0v) is 67.1. The van der Waals surface area contributed by atoms with Crippen molar-refractivity contribution in [1.82, 2.24) is 52.8 Å². The van der Waals surface area contributed by atoms with Gasteiger partial charge >= 0.3 is 6.18 Å². The summed E-state index contributed by atoms with van der Waals surface area (Å²) in [6.45, 7) is 12.9. The predicted octanol–water partition coefficient (Wildman–Crippen LogP) is 15.6. The van der Waals surface area contributed by atoms with Crippen LogP contribution < -0.4 is 81.0 Å². The number of nitrogens with zero attached hydrogens (tertiary/aromatic N) is 1. The van der Waals surface area contributed by atoms with Crippen LogP contribution in [0.1, 0.15) is 72.3 Å². The van der Waals surface area contributed by atoms with Gasteiger partial charge in [0, 0.05) is 126 Å². The minimum Gasteiger partial charge on any atom is -0.399 e. The van der Waals surface area contributed by atoms with Gasteiger partial charge in [-0.05, 0) is 220 Å². The number of benzene rings is 10. The lowest BCUT2D eigenvalue weighted by molar-refractivity contribution is -0.137. The molecular weight excluding hydrogens is 1360 g/mol. The largest absolute Gasteiger partial charge is 0.416 e. The summed E-state index contributed by atoms with van der Waals surface area (Å²) in [6.07, 6.45) is -4.25. The first-order valence-corrected chi connectivity index (χ1v) is 36.2. The molecule has 0 radical (unpaired) electrons. The summed E-state index contributed by atoms with van der Waals surface area (Å²) in [4.78, 5) is 2.16. The number of nitrogen functional groups attached to an aromatic ring is 3. The van der Waals surface area contributed by atoms with Gasteiger partial charge < -0.3 is 85.9 Å². The molecule has 10 aromatic carbocycles. The Hall–Kier alpha value is -9.32. The van der Waals surface area contributed by atoms with E-state index in [2.05, 4.69) is 206 Å². The molecule has 0 saturated carbocycles. The van der Waals surface area contributed by atoms with Gasteiger partial charge in [0.2, 0.25) is 0 Å². The fourth-order valence-electron chi connectivity index (χ4n) is 9.64. The van der Waals surface area contributed by atoms with Crippen LogP contribution >= 0.6 is 11.6 Å². The molecule has 0 spiro atoms. The maximum absolute atomic E-state index is 12.2. The highest BCUT2D eigenvalue weighted by Crippen LogP contribution is 2.29. The molecule has 0 bridgehead atoms. The predicted molar refractivity (Wildman–Crippen MR) is 458 cm³/mol. The maximum atomic E-state index is 12.2. The maximum Gasteiger partial charge on any atom is 0.416 e. The summed E-state index contributed by atoms with van der Waals surface area (Å²) in [6, 6.07) is 78.9. The first-order chi connectivity index (χ1) is 51.5. The number of alkyl halides is 3. The second-order valence-electron chi connectivity index (χ2n) is 24.8. The van der Waals surface area contributed by atoms with Crippen LogP contribution in [0, 0.1) is 13.8 Å². The van der Waals surface area contributed by atoms with Crippen LogP contribution in [0.5, 0.6) is 0 Å². The Labute approximate surface area is 645 Å². The third-order valence-corrected chi connectivity index (χ3v) is 15.4. The SMILES string of the molecule is CNCc1ccc(C)cc1.CNCc1ccc(C)cc1.CNCc1ccc(N)cc1.CNCc1cccc(C(F)(F)F)c1.CNCc1cccc(N)c1.CNCc1cccc(NC)c1.CNCc1ccccc1Cl.CNCc1ccccc1N.CNCc1ccccc1NC.CNc1ccc(CN(C)C)cc1. The van der Waals surface area contributed by atoms with Crippen LogP contribution in [0.15, 0.2) is 243 Å². The van der Waals surface area contributed by atoms with Crippen LogP contribution in [0.2, 0.25) is 5.02 Å². The number of nitrogens with two attached hydrogens (primary N) is 3. The number of hydrogen-bond acceptors (Lipinski definition) is 16. The van der Waals surface area contributed by atoms with E-state index in [1.807, 2.05) is 187 Å². The molecule has 107 heavy (non-hydrogen) atoms. The summed E-state index contributed by atoms with van der Waals surface area (Å²) in [7, 11) is 27.1. The lowest BCUT2D eigenvalue weighted by Crippen LogP contribution is -2.10. The fraction of sp³-hybridized carbons (Fsp3) is 0.310. The van der Waals surface area contributed by atoms with Gasteiger partial charge in [0.15, 0.2) is 0 Å². The molecule has 0 aliphatic heterocycles. The minimum atomic E-state index is -4.25. The van der Waals surface area contributed by atoms with Crippen molar-refractivity contribution >= 4 is 45.7 Å². The third kappa shape index (κ3) is 46.4. The van der Waals surface area contributed by atoms with Crippen molar-refractivity contribution in [1.29, 1.82) is 0 Å². The van der Waals surface area contributed by atoms with E-state index in [4.69, 9.17) is 28.8 Å². The fourth-order valence-corrected chi connectivity index (χ4v) is 9.84. The van der Waals surface area contributed by atoms with Gasteiger partial charge in [-0.25, -0.2) is 0 Å². The number of hydrogen-bond donors (Lipinski definition) is 15. The molecule has 10 rings (SSSR count). The number of anilines is 6. The molecule has 0 unspecified atom stereocenters. The first-order valence-electron chi connectivity index (χ1n) is 35.8. The molecule has 0 fully saturated rings. The molecule has 20 heteroatoms. The number of halogens is 4. The molecule has 0 aliphatic carbocycles. The molecule has 0 aliphatic rings. The lowest BCUT2D eigenvalue weighted by atomic mass is 10.1. The summed E-state index contributed by atoms with van der Waals surface area (Å²) in [5, 5.41) is 37.6. The highest BCUT2D eigenvalue weighted by Gasteiger charge is 2.30. The van der Waals surface area contributed by atoms with Crippen molar-refractivity contribution in [2.24, 2.45) is 0 Å². The van der Waals surface area contributed by atoms with Crippen molar-refractivity contribution in [3.63, 3.8) is 0 Å². The van der Waals surface area contributed by atoms with E-state index in [-0.39, 0.29) is 0 Å². The zero-order chi connectivity index (χ0) is 79.5. The van der Waals surface area contributed by atoms with E-state index in [1.165, 1.54) is 61.8 Å². The molecule has 0 aromatic heterocycles. The molecule has 0 atom stereocenters. The average molecular weight is 1490 g/mol. The van der Waals surface area contributed by atoms with Crippen molar-refractivity contribution < 1.29 is 13.2 Å². The Morgan fingerprint density at radius 1 is 0.318 bits per heavy atom. The van der Waals surface area contributed by atoms with Crippen LogP contribution in [0.3, 0.4) is 0 Å². The highest BCUT2D eigenvalue weighted by atomic mass is 35.5. The summed E-state index contributed by atoms with van der Waals surface area (Å²) >= 11 is 5.86. The van der Waals surface area contributed by atoms with E-state index in [0.29, 0.717) is 12.1 Å². The zero-order valence-electron chi connectivity index (χ0n) is 66.4. The third-order valence-electron chi connectivity index (χ3n) is 15.1. The smallest absolute Gasteiger partial charge is 0.399 e. The molecule has 16 nitrogen and oxygen atoms in total. The van der Waals surface area contributed by atoms with Crippen LogP contribution in [-0.4, -0.2) is 104 Å². The number of nitrogens with one attached hydrogen (secondary N) is 12. The normalized spacial score (nSPS) is 10.0. The monoisotopic (exact) mass is 1490 g/mol. The molecule has 0 heterocycles. The second kappa shape index (κ2) is 59.8. The number of rotatable bonds is 23. The molecule has 582 valence electrons. The van der Waals surface area contributed by atoms with Gasteiger partial charge in [-0.3, -0.25) is 0 Å². The van der Waals surface area contributed by atoms with Crippen molar-refractivity contribution in [2.45, 2.75) is 85.5 Å². The summed E-state index contributed by atoms with van der Waals surface area (Å²) in [5.74, 6) is 0. The van der Waals surface area contributed by atoms with Gasteiger partial charge in [0.1, 0.15) is 0 Å². The van der Waals surface area contributed by atoms with Gasteiger partial charge in [-0.2, -0.15) is 13.2 Å². The summed E-state index contributed by atoms with van der Waals surface area (Å²) < 4.78 is 36.6. The van der Waals surface area contributed by atoms with Gasteiger partial charge in [0.25, 0.3) is 0 Å². The molecule has 0 amide bonds. The van der Waals surface area contributed by atoms with Crippen molar-refractivity contribution in [2.75, 3.05) is 132 Å². The Balaban J connectivity index is 0.000000595. The molecule has 0 saturated heterocycles. The van der Waals surface area contributed by atoms with Gasteiger partial charge in [0.05, 0.1) is 5.56 Å². The topological polar surface area (TPSA) is 226 Å². The number of para-hydroxylation sites is 2. The van der Waals surface area contributed by atoms with Gasteiger partial charge in [-0.15, -0.1) is 0 Å². The van der Waals surface area contributed by atoms with E-state index < -0.39 is 11.7 Å².